The zero-order valence-corrected chi connectivity index (χ0v) is 16.1. The molecule has 0 aliphatic carbocycles. The quantitative estimate of drug-likeness (QED) is 0.335. The van der Waals surface area contributed by atoms with Crippen molar-refractivity contribution in [3.63, 3.8) is 0 Å². The average molecular weight is 377 g/mol. The molecule has 0 atom stereocenters. The van der Waals surface area contributed by atoms with Gasteiger partial charge in [0.05, 0.1) is 5.56 Å². The summed E-state index contributed by atoms with van der Waals surface area (Å²) in [5, 5.41) is 1.04. The summed E-state index contributed by atoms with van der Waals surface area (Å²) in [4.78, 5) is 22.5. The van der Waals surface area contributed by atoms with Crippen LogP contribution in [-0.2, 0) is 16.1 Å². The van der Waals surface area contributed by atoms with Crippen LogP contribution in [0.15, 0.2) is 55.1 Å². The summed E-state index contributed by atoms with van der Waals surface area (Å²) in [5.41, 5.74) is 5.00. The summed E-state index contributed by atoms with van der Waals surface area (Å²) in [7, 11) is 0. The number of carbonyl (C=O) groups excluding carboxylic acids is 2. The van der Waals surface area contributed by atoms with E-state index in [1.54, 1.807) is 12.1 Å². The minimum Gasteiger partial charge on any atom is -0.486 e. The van der Waals surface area contributed by atoms with Crippen molar-refractivity contribution in [1.82, 2.24) is 4.57 Å². The summed E-state index contributed by atoms with van der Waals surface area (Å²) >= 11 is 0. The van der Waals surface area contributed by atoms with E-state index in [4.69, 9.17) is 9.47 Å². The zero-order valence-electron chi connectivity index (χ0n) is 16.1. The first-order valence-electron chi connectivity index (χ1n) is 9.08. The Morgan fingerprint density at radius 3 is 2.54 bits per heavy atom. The van der Waals surface area contributed by atoms with Crippen LogP contribution in [0.1, 0.15) is 27.2 Å². The normalized spacial score (nSPS) is 10.6. The number of ether oxygens (including phenoxy) is 2. The van der Waals surface area contributed by atoms with Crippen LogP contribution in [0.3, 0.4) is 0 Å². The summed E-state index contributed by atoms with van der Waals surface area (Å²) in [6, 6.07) is 13.3. The second-order valence-electron chi connectivity index (χ2n) is 6.54. The van der Waals surface area contributed by atoms with E-state index in [2.05, 4.69) is 25.0 Å². The number of aryl methyl sites for hydroxylation is 1. The van der Waals surface area contributed by atoms with Gasteiger partial charge < -0.3 is 14.0 Å². The summed E-state index contributed by atoms with van der Waals surface area (Å²) in [5.74, 6) is 0.321. The Morgan fingerprint density at radius 1 is 1.11 bits per heavy atom. The molecule has 2 aromatic carbocycles. The third-order valence-electron chi connectivity index (χ3n) is 4.79. The number of esters is 1. The lowest BCUT2D eigenvalue weighted by molar-refractivity contribution is -0.109. The van der Waals surface area contributed by atoms with Crippen molar-refractivity contribution in [2.75, 3.05) is 13.2 Å². The molecule has 0 amide bonds. The molecule has 5 nitrogen and oxygen atoms in total. The van der Waals surface area contributed by atoms with Crippen LogP contribution in [0.4, 0.5) is 0 Å². The topological polar surface area (TPSA) is 57.5 Å². The third kappa shape index (κ3) is 3.98. The predicted octanol–water partition coefficient (Wildman–Crippen LogP) is 4.23. The van der Waals surface area contributed by atoms with Crippen molar-refractivity contribution in [2.45, 2.75) is 20.4 Å². The molecule has 0 fully saturated rings. The molecule has 0 spiro atoms. The van der Waals surface area contributed by atoms with Crippen molar-refractivity contribution in [1.29, 1.82) is 0 Å². The molecule has 1 heterocycles. The Hall–Kier alpha value is -3.34. The van der Waals surface area contributed by atoms with Gasteiger partial charge in [-0.2, -0.15) is 0 Å². The van der Waals surface area contributed by atoms with Gasteiger partial charge in [-0.1, -0.05) is 24.8 Å². The van der Waals surface area contributed by atoms with E-state index < -0.39 is 0 Å². The van der Waals surface area contributed by atoms with E-state index >= 15 is 0 Å². The summed E-state index contributed by atoms with van der Waals surface area (Å²) in [6.07, 6.45) is 2.28. The van der Waals surface area contributed by atoms with Gasteiger partial charge in [-0.3, -0.25) is 4.79 Å². The lowest BCUT2D eigenvalue weighted by Crippen LogP contribution is -2.05. The average Bonchev–Trinajstić information content (AvgIpc) is 2.95. The smallest absolute Gasteiger partial charge is 0.338 e. The number of benzene rings is 2. The Bertz CT molecular complexity index is 1020. The van der Waals surface area contributed by atoms with Crippen molar-refractivity contribution in [3.8, 4) is 5.75 Å². The van der Waals surface area contributed by atoms with E-state index in [-0.39, 0.29) is 19.2 Å². The maximum Gasteiger partial charge on any atom is 0.338 e. The number of nitrogens with zero attached hydrogens (tertiary/aromatic N) is 1. The summed E-state index contributed by atoms with van der Waals surface area (Å²) < 4.78 is 12.7. The van der Waals surface area contributed by atoms with E-state index in [9.17, 15) is 9.59 Å². The highest BCUT2D eigenvalue weighted by Crippen LogP contribution is 2.28. The number of carbonyl (C=O) groups is 2. The number of hydrogen-bond donors (Lipinski definition) is 0. The number of aldehydes is 1. The Balaban J connectivity index is 1.89. The van der Waals surface area contributed by atoms with Gasteiger partial charge in [0.25, 0.3) is 0 Å². The molecule has 28 heavy (non-hydrogen) atoms. The van der Waals surface area contributed by atoms with Gasteiger partial charge in [0.1, 0.15) is 19.0 Å². The highest BCUT2D eigenvalue weighted by Gasteiger charge is 2.15. The van der Waals surface area contributed by atoms with Gasteiger partial charge in [-0.05, 0) is 55.3 Å². The highest BCUT2D eigenvalue weighted by atomic mass is 16.5. The number of aromatic nitrogens is 1. The molecular formula is C23H23NO4. The van der Waals surface area contributed by atoms with Crippen LogP contribution in [-0.4, -0.2) is 30.0 Å². The Labute approximate surface area is 164 Å². The second-order valence-corrected chi connectivity index (χ2v) is 6.54. The largest absolute Gasteiger partial charge is 0.486 e. The molecule has 144 valence electrons. The molecule has 0 saturated carbocycles. The Kier molecular flexibility index (Phi) is 5.94. The first-order chi connectivity index (χ1) is 13.5. The van der Waals surface area contributed by atoms with Crippen LogP contribution >= 0.6 is 0 Å². The molecule has 0 aliphatic rings. The maximum atomic E-state index is 12.1. The highest BCUT2D eigenvalue weighted by molar-refractivity contribution is 5.96. The molecular weight excluding hydrogens is 354 g/mol. The van der Waals surface area contributed by atoms with E-state index in [0.717, 1.165) is 34.0 Å². The molecule has 0 bridgehead atoms. The first-order valence-corrected chi connectivity index (χ1v) is 9.08. The first kappa shape index (κ1) is 19.4. The number of fused-ring (bicyclic) bond motifs is 1. The van der Waals surface area contributed by atoms with Crippen LogP contribution in [0.25, 0.3) is 10.9 Å². The minimum absolute atomic E-state index is 0.0530. The molecule has 5 heteroatoms. The van der Waals surface area contributed by atoms with Crippen molar-refractivity contribution in [3.05, 3.63) is 77.5 Å². The lowest BCUT2D eigenvalue weighted by atomic mass is 10.1. The van der Waals surface area contributed by atoms with Crippen molar-refractivity contribution < 1.29 is 19.1 Å². The molecule has 0 radical (unpaired) electrons. The van der Waals surface area contributed by atoms with Gasteiger partial charge in [0.15, 0.2) is 6.29 Å². The van der Waals surface area contributed by atoms with Gasteiger partial charge in [0.2, 0.25) is 0 Å². The van der Waals surface area contributed by atoms with Crippen LogP contribution in [0.2, 0.25) is 0 Å². The van der Waals surface area contributed by atoms with Crippen molar-refractivity contribution in [2.24, 2.45) is 0 Å². The molecule has 0 aliphatic heterocycles. The van der Waals surface area contributed by atoms with Crippen LogP contribution in [0, 0.1) is 13.8 Å². The van der Waals surface area contributed by atoms with Gasteiger partial charge >= 0.3 is 5.97 Å². The second kappa shape index (κ2) is 8.57. The fourth-order valence-electron chi connectivity index (χ4n) is 3.20. The van der Waals surface area contributed by atoms with Gasteiger partial charge in [-0.15, -0.1) is 0 Å². The van der Waals surface area contributed by atoms with Gasteiger partial charge in [0, 0.05) is 23.1 Å². The fraction of sp³-hybridized carbons (Fsp3) is 0.217. The van der Waals surface area contributed by atoms with E-state index in [1.165, 1.54) is 0 Å². The lowest BCUT2D eigenvalue weighted by Gasteiger charge is -2.10. The third-order valence-corrected chi connectivity index (χ3v) is 4.79. The minimum atomic E-state index is -0.350. The maximum absolute atomic E-state index is 12.1. The SMILES string of the molecule is C=CCOC(=O)c1ccc2c(c1)c(C)c(C)n2Cc1ccc(OCC=O)cc1. The zero-order chi connectivity index (χ0) is 20.1. The monoisotopic (exact) mass is 377 g/mol. The molecule has 3 aromatic rings. The Morgan fingerprint density at radius 2 is 1.86 bits per heavy atom. The van der Waals surface area contributed by atoms with Crippen LogP contribution in [0.5, 0.6) is 5.75 Å². The van der Waals surface area contributed by atoms with E-state index in [1.807, 2.05) is 36.4 Å². The molecule has 0 saturated heterocycles. The van der Waals surface area contributed by atoms with E-state index in [0.29, 0.717) is 17.9 Å². The van der Waals surface area contributed by atoms with Crippen molar-refractivity contribution >= 4 is 23.2 Å². The molecule has 0 unspecified atom stereocenters. The number of hydrogen-bond acceptors (Lipinski definition) is 4. The molecule has 1 aromatic heterocycles. The van der Waals surface area contributed by atoms with Crippen LogP contribution < -0.4 is 4.74 Å². The van der Waals surface area contributed by atoms with Gasteiger partial charge in [-0.25, -0.2) is 4.79 Å². The fourth-order valence-corrected chi connectivity index (χ4v) is 3.20. The predicted molar refractivity (Wildman–Crippen MR) is 109 cm³/mol. The number of rotatable bonds is 8. The summed E-state index contributed by atoms with van der Waals surface area (Å²) in [6.45, 7) is 8.64. The molecule has 3 rings (SSSR count). The standard InChI is InChI=1S/C23H23NO4/c1-4-12-28-23(26)19-7-10-22-21(14-19)16(2)17(3)24(22)15-18-5-8-20(9-6-18)27-13-11-25/h4-11,14H,1,12-13,15H2,2-3H3. The molecule has 0 N–H and O–H groups in total.